The number of hydrogen-bond acceptors (Lipinski definition) is 13. The molecule has 0 radical (unpaired) electrons. The van der Waals surface area contributed by atoms with Gasteiger partial charge in [0.15, 0.2) is 5.82 Å². The predicted octanol–water partition coefficient (Wildman–Crippen LogP) is 8.43. The van der Waals surface area contributed by atoms with Crippen molar-refractivity contribution in [3.8, 4) is 23.0 Å². The van der Waals surface area contributed by atoms with Gasteiger partial charge < -0.3 is 33.9 Å². The average Bonchev–Trinajstić information content (AvgIpc) is 3.71. The van der Waals surface area contributed by atoms with E-state index in [1.807, 2.05) is 48.7 Å². The largest absolute Gasteiger partial charge is 0.495 e. The van der Waals surface area contributed by atoms with Gasteiger partial charge in [0.05, 0.1) is 39.7 Å². The zero-order chi connectivity index (χ0) is 44.2. The fourth-order valence-electron chi connectivity index (χ4n) is 9.12. The van der Waals surface area contributed by atoms with Crippen molar-refractivity contribution in [1.29, 1.82) is 0 Å². The molecule has 3 fully saturated rings. The van der Waals surface area contributed by atoms with E-state index in [-0.39, 0.29) is 30.7 Å². The number of para-hydroxylation sites is 1. The number of piperazine rings is 1. The Morgan fingerprint density at radius 1 is 1.02 bits per heavy atom. The number of hydrogen-bond donors (Lipinski definition) is 1. The summed E-state index contributed by atoms with van der Waals surface area (Å²) < 4.78 is 30.4. The quantitative estimate of drug-likeness (QED) is 0.102. The van der Waals surface area contributed by atoms with Gasteiger partial charge in [-0.25, -0.2) is 14.8 Å². The minimum Gasteiger partial charge on any atom is -0.495 e. The Bertz CT molecular complexity index is 2530. The Balaban J connectivity index is 0.949. The van der Waals surface area contributed by atoms with Crippen molar-refractivity contribution in [2.45, 2.75) is 64.6 Å². The molecule has 0 spiro atoms. The maximum atomic E-state index is 13.1. The van der Waals surface area contributed by atoms with E-state index in [1.54, 1.807) is 6.20 Å². The highest BCUT2D eigenvalue weighted by Crippen LogP contribution is 2.50. The van der Waals surface area contributed by atoms with Gasteiger partial charge in [0.25, 0.3) is 0 Å². The number of carboxylic acid groups (broad SMARTS) is 1. The highest BCUT2D eigenvalue weighted by Gasteiger charge is 2.35. The Hall–Kier alpha value is -5.12. The molecule has 15 heteroatoms. The summed E-state index contributed by atoms with van der Waals surface area (Å²) in [6.07, 6.45) is 6.26. The number of carboxylic acids is 1. The van der Waals surface area contributed by atoms with Crippen molar-refractivity contribution in [1.82, 2.24) is 29.1 Å². The fraction of sp³-hybridized carbons (Fsp3) is 0.449. The van der Waals surface area contributed by atoms with Gasteiger partial charge in [-0.3, -0.25) is 9.88 Å². The van der Waals surface area contributed by atoms with E-state index in [2.05, 4.69) is 52.7 Å². The number of carbonyl (C=O) groups is 1. The number of ether oxygens (including phenoxy) is 4. The fourth-order valence-corrected chi connectivity index (χ4v) is 10.1. The number of benzene rings is 2. The van der Waals surface area contributed by atoms with Crippen LogP contribution in [0, 0.1) is 5.92 Å². The molecule has 2 atom stereocenters. The summed E-state index contributed by atoms with van der Waals surface area (Å²) in [6, 6.07) is 17.5. The Labute approximate surface area is 383 Å². The minimum atomic E-state index is -1.25. The molecule has 13 nitrogen and oxygen atoms in total. The van der Waals surface area contributed by atoms with E-state index in [4.69, 9.17) is 44.9 Å². The van der Waals surface area contributed by atoms with Gasteiger partial charge in [-0.05, 0) is 85.2 Å². The van der Waals surface area contributed by atoms with Crippen LogP contribution in [0.25, 0.3) is 27.0 Å². The molecule has 2 aromatic carbocycles. The Morgan fingerprint density at radius 3 is 2.61 bits per heavy atom. The third kappa shape index (κ3) is 9.76. The third-order valence-electron chi connectivity index (χ3n) is 13.0. The number of fused-ring (bicyclic) bond motifs is 1. The maximum absolute atomic E-state index is 13.1. The summed E-state index contributed by atoms with van der Waals surface area (Å²) in [5.41, 5.74) is 7.40. The number of pyridine rings is 1. The van der Waals surface area contributed by atoms with Crippen molar-refractivity contribution >= 4 is 50.4 Å². The molecule has 5 aromatic rings. The lowest BCUT2D eigenvalue weighted by molar-refractivity contribution is -0.145. The summed E-state index contributed by atoms with van der Waals surface area (Å²) in [4.78, 5) is 34.6. The Morgan fingerprint density at radius 2 is 1.83 bits per heavy atom. The van der Waals surface area contributed by atoms with Crippen LogP contribution in [0.2, 0.25) is 0 Å². The third-order valence-corrected chi connectivity index (χ3v) is 14.3. The smallest absolute Gasteiger partial charge is 0.345 e. The highest BCUT2D eigenvalue weighted by molar-refractivity contribution is 7.13. The number of nitrogens with zero attached hydrogens (tertiary/aromatic N) is 7. The zero-order valence-corrected chi connectivity index (χ0v) is 38.4. The molecule has 0 amide bonds. The first-order valence-electron chi connectivity index (χ1n) is 22.5. The van der Waals surface area contributed by atoms with Crippen molar-refractivity contribution in [2.75, 3.05) is 77.6 Å². The van der Waals surface area contributed by atoms with E-state index in [9.17, 15) is 9.90 Å². The van der Waals surface area contributed by atoms with Crippen molar-refractivity contribution in [3.63, 3.8) is 0 Å². The van der Waals surface area contributed by atoms with E-state index in [0.717, 1.165) is 115 Å². The molecule has 1 N–H and O–H groups in total. The van der Waals surface area contributed by atoms with Crippen LogP contribution in [0.4, 0.5) is 5.69 Å². The first kappa shape index (κ1) is 44.1. The molecular weight excluding hydrogens is 850 g/mol. The highest BCUT2D eigenvalue weighted by atomic mass is 35.5. The number of morpholine rings is 1. The van der Waals surface area contributed by atoms with Crippen LogP contribution in [0.3, 0.4) is 0 Å². The summed E-state index contributed by atoms with van der Waals surface area (Å²) >= 11 is 8.47. The van der Waals surface area contributed by atoms with E-state index >= 15 is 0 Å². The maximum Gasteiger partial charge on any atom is 0.345 e. The minimum absolute atomic E-state index is 0.0469. The van der Waals surface area contributed by atoms with Gasteiger partial charge in [0.2, 0.25) is 12.0 Å². The molecular formula is C49H56ClN7O6S. The summed E-state index contributed by atoms with van der Waals surface area (Å²) in [7, 11) is 2.16. The van der Waals surface area contributed by atoms with Gasteiger partial charge in [0, 0.05) is 93.8 Å². The van der Waals surface area contributed by atoms with E-state index < -0.39 is 12.1 Å². The normalized spacial score (nSPS) is 19.5. The second kappa shape index (κ2) is 20.0. The first-order chi connectivity index (χ1) is 31.2. The lowest BCUT2D eigenvalue weighted by atomic mass is 9.75. The van der Waals surface area contributed by atoms with Crippen molar-refractivity contribution in [2.24, 2.45) is 5.92 Å². The molecule has 0 bridgehead atoms. The van der Waals surface area contributed by atoms with Gasteiger partial charge in [-0.1, -0.05) is 55.3 Å². The summed E-state index contributed by atoms with van der Waals surface area (Å²) in [6.45, 7) is 13.2. The first-order valence-corrected chi connectivity index (χ1v) is 23.6. The van der Waals surface area contributed by atoms with Crippen LogP contribution in [-0.4, -0.2) is 119 Å². The van der Waals surface area contributed by atoms with Crippen LogP contribution >= 0.6 is 23.1 Å². The number of aromatic nitrogens is 4. The molecule has 5 heterocycles. The zero-order valence-electron chi connectivity index (χ0n) is 36.8. The van der Waals surface area contributed by atoms with Crippen LogP contribution in [0.15, 0.2) is 83.4 Å². The molecule has 9 rings (SSSR count). The average molecular weight is 907 g/mol. The van der Waals surface area contributed by atoms with E-state index in [1.165, 1.54) is 11.5 Å². The van der Waals surface area contributed by atoms with Gasteiger partial charge in [-0.2, -0.15) is 4.37 Å². The molecule has 1 saturated carbocycles. The summed E-state index contributed by atoms with van der Waals surface area (Å²) in [5, 5.41) is 12.1. The Kier molecular flexibility index (Phi) is 13.7. The standard InChI is InChI=1S/C49H56ClN7O6S/c1-31-26-39(61-25-20-56-18-16-55(3)17-19-56)45(50)32(2)42(31)44-43-41(29-52-46(44)33-9-6-10-33)64-54-48(43)63-40(49(58)59)28-34-8-4-5-13-38(34)62-30-36-14-15-51-47(53-36)35-11-7-12-37(27-35)57-21-23-60-24-22-57/h4-5,7-8,11-15,27,29,31,33,40H,6,9-10,16-26,28,30H2,1-3H3,(H,58,59)/t31?,40-/m1/s1. The SMILES string of the molecule is CC1=C(c2c(C3CCC3)ncc3snc(O[C@H](Cc4ccccc4OCc4ccnc(-c5cccc(N6CCOCC6)c5)n4)C(=O)O)c23)C(C)CC(OCCN2CCN(C)CC2)=C1Cl. The lowest BCUT2D eigenvalue weighted by Gasteiger charge is -2.33. The number of aliphatic carboxylic acids is 1. The number of rotatable bonds is 16. The number of allylic oxidation sites excluding steroid dienone is 4. The van der Waals surface area contributed by atoms with Gasteiger partial charge >= 0.3 is 5.97 Å². The molecule has 64 heavy (non-hydrogen) atoms. The van der Waals surface area contributed by atoms with Crippen LogP contribution in [0.1, 0.15) is 68.0 Å². The monoisotopic (exact) mass is 905 g/mol. The van der Waals surface area contributed by atoms with Gasteiger partial charge in [0.1, 0.15) is 24.7 Å². The molecule has 2 aliphatic heterocycles. The predicted molar refractivity (Wildman–Crippen MR) is 250 cm³/mol. The molecule has 336 valence electrons. The van der Waals surface area contributed by atoms with Crippen LogP contribution < -0.4 is 14.4 Å². The van der Waals surface area contributed by atoms with E-state index in [0.29, 0.717) is 54.1 Å². The molecule has 3 aromatic heterocycles. The number of anilines is 1. The lowest BCUT2D eigenvalue weighted by Crippen LogP contribution is -2.45. The molecule has 1 unspecified atom stereocenters. The van der Waals surface area contributed by atoms with Gasteiger partial charge in [-0.15, -0.1) is 0 Å². The van der Waals surface area contributed by atoms with Crippen molar-refractivity contribution < 1.29 is 28.8 Å². The number of halogens is 1. The van der Waals surface area contributed by atoms with Crippen molar-refractivity contribution in [3.05, 3.63) is 106 Å². The second-order valence-corrected chi connectivity index (χ2v) is 18.5. The van der Waals surface area contributed by atoms with Crippen LogP contribution in [0.5, 0.6) is 11.6 Å². The summed E-state index contributed by atoms with van der Waals surface area (Å²) in [5.74, 6) is 1.50. The molecule has 2 aliphatic carbocycles. The topological polar surface area (TPSA) is 136 Å². The molecule has 4 aliphatic rings. The second-order valence-electron chi connectivity index (χ2n) is 17.3. The number of likely N-dealkylation sites (N-methyl/N-ethyl adjacent to an activating group) is 1. The molecule has 2 saturated heterocycles. The van der Waals surface area contributed by atoms with Crippen LogP contribution in [-0.2, 0) is 27.3 Å².